The molecule has 0 radical (unpaired) electrons. The van der Waals surface area contributed by atoms with Crippen LogP contribution in [0.5, 0.6) is 0 Å². The van der Waals surface area contributed by atoms with Crippen molar-refractivity contribution in [1.82, 2.24) is 4.90 Å². The minimum atomic E-state index is -0.782. The number of aliphatic carboxylic acids is 1. The lowest BCUT2D eigenvalue weighted by molar-refractivity contribution is -0.137. The van der Waals surface area contributed by atoms with Crippen LogP contribution in [0.1, 0.15) is 12.8 Å². The summed E-state index contributed by atoms with van der Waals surface area (Å²) in [4.78, 5) is 11.9. The van der Waals surface area contributed by atoms with Crippen molar-refractivity contribution in [3.63, 3.8) is 0 Å². The first-order chi connectivity index (χ1) is 5.70. The molecule has 12 heavy (non-hydrogen) atoms. The number of rotatable bonds is 6. The first kappa shape index (κ1) is 10.6. The highest BCUT2D eigenvalue weighted by Gasteiger charge is 1.97. The second-order valence-corrected chi connectivity index (χ2v) is 2.26. The molecule has 0 heterocycles. The fourth-order valence-corrected chi connectivity index (χ4v) is 0.750. The van der Waals surface area contributed by atoms with Gasteiger partial charge in [-0.15, -0.1) is 0 Å². The van der Waals surface area contributed by atoms with Crippen molar-refractivity contribution < 1.29 is 9.90 Å². The van der Waals surface area contributed by atoms with E-state index in [1.54, 1.807) is 17.3 Å². The van der Waals surface area contributed by atoms with Crippen LogP contribution in [0, 0.1) is 0 Å². The maximum absolute atomic E-state index is 10.1. The van der Waals surface area contributed by atoms with Crippen LogP contribution in [0.2, 0.25) is 0 Å². The average molecular weight is 170 g/mol. The van der Waals surface area contributed by atoms with E-state index in [9.17, 15) is 4.79 Å². The summed E-state index contributed by atoms with van der Waals surface area (Å²) in [5.41, 5.74) is 5.15. The van der Waals surface area contributed by atoms with Gasteiger partial charge in [-0.25, -0.2) is 0 Å². The lowest BCUT2D eigenvalue weighted by Gasteiger charge is -2.12. The topological polar surface area (TPSA) is 66.6 Å². The number of carbonyl (C=O) groups is 1. The van der Waals surface area contributed by atoms with Crippen molar-refractivity contribution in [3.05, 3.63) is 25.2 Å². The summed E-state index contributed by atoms with van der Waals surface area (Å²) < 4.78 is 0. The molecule has 0 aliphatic heterocycles. The predicted molar refractivity (Wildman–Crippen MR) is 47.1 cm³/mol. The Balaban J connectivity index is 3.58. The molecule has 0 bridgehead atoms. The molecule has 0 amide bonds. The van der Waals surface area contributed by atoms with E-state index in [-0.39, 0.29) is 6.42 Å². The van der Waals surface area contributed by atoms with Gasteiger partial charge in [-0.2, -0.15) is 0 Å². The second kappa shape index (κ2) is 6.27. The highest BCUT2D eigenvalue weighted by Crippen LogP contribution is 1.96. The van der Waals surface area contributed by atoms with Crippen molar-refractivity contribution in [2.24, 2.45) is 5.73 Å². The largest absolute Gasteiger partial charge is 0.481 e. The predicted octanol–water partition coefficient (Wildman–Crippen LogP) is 0.727. The van der Waals surface area contributed by atoms with Gasteiger partial charge >= 0.3 is 5.97 Å². The molecule has 0 saturated heterocycles. The molecule has 0 unspecified atom stereocenters. The summed E-state index contributed by atoms with van der Waals surface area (Å²) >= 11 is 0. The van der Waals surface area contributed by atoms with Crippen molar-refractivity contribution >= 4 is 5.97 Å². The summed E-state index contributed by atoms with van der Waals surface area (Å²) in [6.07, 6.45) is 5.40. The molecule has 0 aromatic carbocycles. The van der Waals surface area contributed by atoms with E-state index in [0.29, 0.717) is 13.0 Å². The third-order valence-electron chi connectivity index (χ3n) is 1.32. The molecule has 0 saturated carbocycles. The van der Waals surface area contributed by atoms with Gasteiger partial charge in [0.1, 0.15) is 0 Å². The first-order valence-corrected chi connectivity index (χ1v) is 3.69. The van der Waals surface area contributed by atoms with Crippen LogP contribution in [-0.4, -0.2) is 22.5 Å². The Kier molecular flexibility index (Phi) is 5.51. The zero-order valence-corrected chi connectivity index (χ0v) is 6.94. The number of carboxylic acids is 1. The Labute approximate surface area is 72.0 Å². The molecule has 0 atom stereocenters. The van der Waals surface area contributed by atoms with Crippen molar-refractivity contribution in [2.45, 2.75) is 12.8 Å². The van der Waals surface area contributed by atoms with Gasteiger partial charge in [0.15, 0.2) is 0 Å². The highest BCUT2D eigenvalue weighted by atomic mass is 16.4. The van der Waals surface area contributed by atoms with Gasteiger partial charge in [-0.3, -0.25) is 4.79 Å². The number of carboxylic acid groups (broad SMARTS) is 1. The molecule has 3 N–H and O–H groups in total. The van der Waals surface area contributed by atoms with Crippen LogP contribution in [0.3, 0.4) is 0 Å². The second-order valence-electron chi connectivity index (χ2n) is 2.26. The van der Waals surface area contributed by atoms with E-state index in [0.717, 1.165) is 0 Å². The molecule has 68 valence electrons. The number of hydrogen-bond acceptors (Lipinski definition) is 3. The standard InChI is InChI=1S/C8H14N2O2/c1-2-10(7-5-9)6-3-4-8(11)12/h2,5,7H,1,3-4,6,9H2,(H,11,12)/b7-5-. The molecule has 0 rings (SSSR count). The summed E-state index contributed by atoms with van der Waals surface area (Å²) in [6, 6.07) is 0. The van der Waals surface area contributed by atoms with E-state index in [1.807, 2.05) is 0 Å². The molecule has 0 aromatic rings. The summed E-state index contributed by atoms with van der Waals surface area (Å²) in [5.74, 6) is -0.782. The van der Waals surface area contributed by atoms with Gasteiger partial charge < -0.3 is 15.7 Å². The fraction of sp³-hybridized carbons (Fsp3) is 0.375. The van der Waals surface area contributed by atoms with Crippen molar-refractivity contribution in [3.8, 4) is 0 Å². The first-order valence-electron chi connectivity index (χ1n) is 3.69. The average Bonchev–Trinajstić information content (AvgIpc) is 2.02. The molecule has 0 fully saturated rings. The Bertz CT molecular complexity index is 178. The molecule has 0 aromatic heterocycles. The van der Waals surface area contributed by atoms with Gasteiger partial charge in [0.05, 0.1) is 0 Å². The lowest BCUT2D eigenvalue weighted by Crippen LogP contribution is -2.12. The van der Waals surface area contributed by atoms with Crippen LogP contribution in [0.25, 0.3) is 0 Å². The molecule has 4 heteroatoms. The monoisotopic (exact) mass is 170 g/mol. The number of nitrogens with two attached hydrogens (primary N) is 1. The molecule has 0 spiro atoms. The highest BCUT2D eigenvalue weighted by molar-refractivity contribution is 5.66. The Hall–Kier alpha value is -1.45. The summed E-state index contributed by atoms with van der Waals surface area (Å²) in [5, 5.41) is 8.34. The van der Waals surface area contributed by atoms with Crippen LogP contribution in [-0.2, 0) is 4.79 Å². The molecular weight excluding hydrogens is 156 g/mol. The smallest absolute Gasteiger partial charge is 0.303 e. The van der Waals surface area contributed by atoms with E-state index < -0.39 is 5.97 Å². The molecule has 4 nitrogen and oxygen atoms in total. The third-order valence-corrected chi connectivity index (χ3v) is 1.32. The quantitative estimate of drug-likeness (QED) is 0.616. The minimum Gasteiger partial charge on any atom is -0.481 e. The zero-order chi connectivity index (χ0) is 9.40. The number of nitrogens with zero attached hydrogens (tertiary/aromatic N) is 1. The Morgan fingerprint density at radius 2 is 2.33 bits per heavy atom. The normalized spacial score (nSPS) is 10.0. The fourth-order valence-electron chi connectivity index (χ4n) is 0.750. The van der Waals surface area contributed by atoms with E-state index >= 15 is 0 Å². The van der Waals surface area contributed by atoms with Gasteiger partial charge in [0.2, 0.25) is 0 Å². The van der Waals surface area contributed by atoms with Crippen molar-refractivity contribution in [1.29, 1.82) is 0 Å². The maximum Gasteiger partial charge on any atom is 0.303 e. The van der Waals surface area contributed by atoms with Crippen LogP contribution < -0.4 is 5.73 Å². The SMILES string of the molecule is C=CN(/C=C\N)CCCC(=O)O. The minimum absolute atomic E-state index is 0.169. The van der Waals surface area contributed by atoms with Crippen LogP contribution >= 0.6 is 0 Å². The summed E-state index contributed by atoms with van der Waals surface area (Å²) in [6.45, 7) is 4.18. The van der Waals surface area contributed by atoms with Gasteiger partial charge in [0.25, 0.3) is 0 Å². The third kappa shape index (κ3) is 5.34. The van der Waals surface area contributed by atoms with Gasteiger partial charge in [0, 0.05) is 25.4 Å². The van der Waals surface area contributed by atoms with Crippen LogP contribution in [0.15, 0.2) is 25.2 Å². The van der Waals surface area contributed by atoms with Crippen molar-refractivity contribution in [2.75, 3.05) is 6.54 Å². The molecule has 0 aliphatic rings. The Morgan fingerprint density at radius 3 is 2.75 bits per heavy atom. The van der Waals surface area contributed by atoms with E-state index in [2.05, 4.69) is 6.58 Å². The zero-order valence-electron chi connectivity index (χ0n) is 6.94. The molecular formula is C8H14N2O2. The summed E-state index contributed by atoms with van der Waals surface area (Å²) in [7, 11) is 0. The number of hydrogen-bond donors (Lipinski definition) is 2. The molecule has 0 aliphatic carbocycles. The van der Waals surface area contributed by atoms with E-state index in [1.165, 1.54) is 6.20 Å². The van der Waals surface area contributed by atoms with Gasteiger partial charge in [-0.1, -0.05) is 6.58 Å². The Morgan fingerprint density at radius 1 is 1.67 bits per heavy atom. The lowest BCUT2D eigenvalue weighted by atomic mass is 10.3. The van der Waals surface area contributed by atoms with E-state index in [4.69, 9.17) is 10.8 Å². The van der Waals surface area contributed by atoms with Gasteiger partial charge in [-0.05, 0) is 12.6 Å². The maximum atomic E-state index is 10.1. The van der Waals surface area contributed by atoms with Crippen LogP contribution in [0.4, 0.5) is 0 Å².